The summed E-state index contributed by atoms with van der Waals surface area (Å²) in [5.74, 6) is 1.24. The van der Waals surface area contributed by atoms with Crippen molar-refractivity contribution in [1.29, 1.82) is 0 Å². The summed E-state index contributed by atoms with van der Waals surface area (Å²) in [6.45, 7) is 1.77. The third-order valence-corrected chi connectivity index (χ3v) is 5.02. The number of amides is 1. The van der Waals surface area contributed by atoms with Crippen LogP contribution in [0, 0.1) is 0 Å². The lowest BCUT2D eigenvalue weighted by Crippen LogP contribution is -2.37. The number of nitrogens with zero attached hydrogens (tertiary/aromatic N) is 4. The van der Waals surface area contributed by atoms with E-state index >= 15 is 0 Å². The first-order valence-corrected chi connectivity index (χ1v) is 9.26. The highest BCUT2D eigenvalue weighted by Crippen LogP contribution is 2.30. The van der Waals surface area contributed by atoms with E-state index in [1.54, 1.807) is 12.4 Å². The van der Waals surface area contributed by atoms with Gasteiger partial charge in [-0.3, -0.25) is 9.78 Å². The van der Waals surface area contributed by atoms with Crippen LogP contribution in [0.5, 0.6) is 5.88 Å². The van der Waals surface area contributed by atoms with Crippen molar-refractivity contribution >= 4 is 11.7 Å². The Hall–Kier alpha value is -2.67. The van der Waals surface area contributed by atoms with Crippen molar-refractivity contribution in [2.24, 2.45) is 0 Å². The van der Waals surface area contributed by atoms with Crippen LogP contribution in [-0.2, 0) is 16.0 Å². The second-order valence-corrected chi connectivity index (χ2v) is 7.12. The molecule has 4 rings (SSSR count). The number of fused-ring (bicyclic) bond motifs is 1. The highest BCUT2D eigenvalue weighted by atomic mass is 16.5. The average Bonchev–Trinajstić information content (AvgIpc) is 3.15. The first kappa shape index (κ1) is 17.7. The Kier molecular flexibility index (Phi) is 4.94. The van der Waals surface area contributed by atoms with Crippen LogP contribution in [-0.4, -0.2) is 60.7 Å². The molecule has 0 N–H and O–H groups in total. The molecule has 3 heterocycles. The van der Waals surface area contributed by atoms with Crippen LogP contribution < -0.4 is 9.64 Å². The molecule has 1 aromatic heterocycles. The molecule has 2 aromatic rings. The van der Waals surface area contributed by atoms with Crippen molar-refractivity contribution in [1.82, 2.24) is 14.9 Å². The average molecular weight is 368 g/mol. The fraction of sp³-hybridized carbons (Fsp3) is 0.450. The normalized spacial score (nSPS) is 21.6. The van der Waals surface area contributed by atoms with Gasteiger partial charge in [0.15, 0.2) is 11.9 Å². The summed E-state index contributed by atoms with van der Waals surface area (Å²) in [4.78, 5) is 25.3. The first-order chi connectivity index (χ1) is 13.1. The number of carbonyl (C=O) groups is 1. The van der Waals surface area contributed by atoms with Crippen molar-refractivity contribution in [3.8, 4) is 5.88 Å². The van der Waals surface area contributed by atoms with E-state index in [4.69, 9.17) is 9.47 Å². The Morgan fingerprint density at radius 2 is 2.15 bits per heavy atom. The number of rotatable bonds is 4. The SMILES string of the molecule is CN(C)c1cncc(O[C@@H]2CCN(C(=O)[C@H]3OCCc4ccccc43)C2)n1. The molecule has 1 saturated heterocycles. The first-order valence-electron chi connectivity index (χ1n) is 9.26. The molecule has 142 valence electrons. The zero-order chi connectivity index (χ0) is 18.8. The second kappa shape index (κ2) is 7.52. The molecule has 2 atom stereocenters. The Balaban J connectivity index is 1.41. The molecular weight excluding hydrogens is 344 g/mol. The van der Waals surface area contributed by atoms with Gasteiger partial charge in [-0.25, -0.2) is 0 Å². The molecule has 0 unspecified atom stereocenters. The lowest BCUT2D eigenvalue weighted by Gasteiger charge is -2.28. The molecule has 0 bridgehead atoms. The zero-order valence-electron chi connectivity index (χ0n) is 15.7. The molecule has 1 fully saturated rings. The van der Waals surface area contributed by atoms with Crippen molar-refractivity contribution in [3.05, 3.63) is 47.8 Å². The van der Waals surface area contributed by atoms with Crippen LogP contribution in [0.25, 0.3) is 0 Å². The van der Waals surface area contributed by atoms with E-state index in [-0.39, 0.29) is 12.0 Å². The number of likely N-dealkylation sites (tertiary alicyclic amines) is 1. The molecule has 7 heteroatoms. The van der Waals surface area contributed by atoms with Gasteiger partial charge in [-0.1, -0.05) is 24.3 Å². The summed E-state index contributed by atoms with van der Waals surface area (Å²) >= 11 is 0. The topological polar surface area (TPSA) is 67.8 Å². The lowest BCUT2D eigenvalue weighted by molar-refractivity contribution is -0.144. The van der Waals surface area contributed by atoms with Crippen LogP contribution in [0.4, 0.5) is 5.82 Å². The molecule has 1 aromatic carbocycles. The molecule has 0 aliphatic carbocycles. The standard InChI is InChI=1S/C20H24N4O3/c1-23(2)17-11-21-12-18(22-17)27-15-7-9-24(13-15)20(25)19-16-6-4-3-5-14(16)8-10-26-19/h3-6,11-12,15,19H,7-10,13H2,1-2H3/t15-,19+/m1/s1. The number of anilines is 1. The van der Waals surface area contributed by atoms with Crippen molar-refractivity contribution in [2.45, 2.75) is 25.0 Å². The van der Waals surface area contributed by atoms with Crippen LogP contribution in [0.2, 0.25) is 0 Å². The molecule has 2 aliphatic heterocycles. The fourth-order valence-electron chi connectivity index (χ4n) is 3.57. The van der Waals surface area contributed by atoms with Crippen molar-refractivity contribution in [3.63, 3.8) is 0 Å². The summed E-state index contributed by atoms with van der Waals surface area (Å²) < 4.78 is 11.8. The molecule has 1 amide bonds. The van der Waals surface area contributed by atoms with E-state index in [0.29, 0.717) is 25.6 Å². The molecule has 0 spiro atoms. The van der Waals surface area contributed by atoms with Crippen LogP contribution in [0.3, 0.4) is 0 Å². The minimum absolute atomic E-state index is 0.0152. The summed E-state index contributed by atoms with van der Waals surface area (Å²) in [6.07, 6.45) is 4.33. The number of carbonyl (C=O) groups excluding carboxylic acids is 1. The molecule has 2 aliphatic rings. The quantitative estimate of drug-likeness (QED) is 0.820. The fourth-order valence-corrected chi connectivity index (χ4v) is 3.57. The van der Waals surface area contributed by atoms with Gasteiger partial charge in [0.2, 0.25) is 5.88 Å². The third-order valence-electron chi connectivity index (χ3n) is 5.02. The van der Waals surface area contributed by atoms with E-state index in [2.05, 4.69) is 16.0 Å². The Morgan fingerprint density at radius 1 is 1.30 bits per heavy atom. The van der Waals surface area contributed by atoms with Gasteiger partial charge in [-0.05, 0) is 17.5 Å². The number of hydrogen-bond donors (Lipinski definition) is 0. The maximum absolute atomic E-state index is 13.0. The number of ether oxygens (including phenoxy) is 2. The van der Waals surface area contributed by atoms with Crippen LogP contribution >= 0.6 is 0 Å². The molecule has 27 heavy (non-hydrogen) atoms. The van der Waals surface area contributed by atoms with Gasteiger partial charge in [0.1, 0.15) is 6.10 Å². The monoisotopic (exact) mass is 368 g/mol. The van der Waals surface area contributed by atoms with E-state index in [9.17, 15) is 4.79 Å². The summed E-state index contributed by atoms with van der Waals surface area (Å²) in [7, 11) is 3.82. The van der Waals surface area contributed by atoms with Crippen molar-refractivity contribution in [2.75, 3.05) is 38.7 Å². The van der Waals surface area contributed by atoms with E-state index in [0.717, 1.165) is 24.2 Å². The molecule has 0 radical (unpaired) electrons. The van der Waals surface area contributed by atoms with Gasteiger partial charge in [0.25, 0.3) is 5.91 Å². The number of hydrogen-bond acceptors (Lipinski definition) is 6. The zero-order valence-corrected chi connectivity index (χ0v) is 15.7. The van der Waals surface area contributed by atoms with Crippen LogP contribution in [0.15, 0.2) is 36.7 Å². The van der Waals surface area contributed by atoms with E-state index in [1.165, 1.54) is 5.56 Å². The lowest BCUT2D eigenvalue weighted by atomic mass is 9.97. The predicted molar refractivity (Wildman–Crippen MR) is 101 cm³/mol. The highest BCUT2D eigenvalue weighted by Gasteiger charge is 2.35. The maximum atomic E-state index is 13.0. The number of benzene rings is 1. The van der Waals surface area contributed by atoms with Crippen LogP contribution in [0.1, 0.15) is 23.7 Å². The summed E-state index contributed by atoms with van der Waals surface area (Å²) in [5.41, 5.74) is 2.19. The van der Waals surface area contributed by atoms with E-state index < -0.39 is 6.10 Å². The predicted octanol–water partition coefficient (Wildman–Crippen LogP) is 1.84. The highest BCUT2D eigenvalue weighted by molar-refractivity contribution is 5.83. The summed E-state index contributed by atoms with van der Waals surface area (Å²) in [5, 5.41) is 0. The molecule has 0 saturated carbocycles. The van der Waals surface area contributed by atoms with Gasteiger partial charge < -0.3 is 19.3 Å². The Bertz CT molecular complexity index is 826. The second-order valence-electron chi connectivity index (χ2n) is 7.12. The number of aromatic nitrogens is 2. The minimum Gasteiger partial charge on any atom is -0.471 e. The van der Waals surface area contributed by atoms with Gasteiger partial charge in [-0.15, -0.1) is 0 Å². The van der Waals surface area contributed by atoms with Crippen molar-refractivity contribution < 1.29 is 14.3 Å². The third kappa shape index (κ3) is 3.73. The summed E-state index contributed by atoms with van der Waals surface area (Å²) in [6, 6.07) is 8.03. The molecule has 7 nitrogen and oxygen atoms in total. The Morgan fingerprint density at radius 3 is 3.00 bits per heavy atom. The largest absolute Gasteiger partial charge is 0.471 e. The van der Waals surface area contributed by atoms with E-state index in [1.807, 2.05) is 42.1 Å². The maximum Gasteiger partial charge on any atom is 0.256 e. The minimum atomic E-state index is -0.509. The van der Waals surface area contributed by atoms with Gasteiger partial charge in [0, 0.05) is 27.1 Å². The van der Waals surface area contributed by atoms with Gasteiger partial charge >= 0.3 is 0 Å². The van der Waals surface area contributed by atoms with Gasteiger partial charge in [0.05, 0.1) is 25.5 Å². The Labute approximate surface area is 158 Å². The molecular formula is C20H24N4O3. The van der Waals surface area contributed by atoms with Gasteiger partial charge in [-0.2, -0.15) is 4.98 Å². The smallest absolute Gasteiger partial charge is 0.256 e.